The molecule has 0 aromatic rings. The van der Waals surface area contributed by atoms with Crippen molar-refractivity contribution in [3.63, 3.8) is 0 Å². The Labute approximate surface area is 91.2 Å². The summed E-state index contributed by atoms with van der Waals surface area (Å²) in [4.78, 5) is 30.5. The fraction of sp³-hybridized carbons (Fsp3) is 0.750. The summed E-state index contributed by atoms with van der Waals surface area (Å²) in [6, 6.07) is 0. The van der Waals surface area contributed by atoms with Gasteiger partial charge in [0.15, 0.2) is 0 Å². The maximum atomic E-state index is 10.5. The molecule has 0 unspecified atom stereocenters. The normalized spacial score (nSPS) is 15.1. The maximum absolute atomic E-state index is 10.5. The van der Waals surface area contributed by atoms with Crippen LogP contribution in [0.25, 0.3) is 0 Å². The zero-order valence-corrected chi connectivity index (χ0v) is 9.46. The minimum Gasteiger partial charge on any atom is -0.303 e. The summed E-state index contributed by atoms with van der Waals surface area (Å²) in [5.41, 5.74) is 0. The first-order valence-corrected chi connectivity index (χ1v) is 5.67. The van der Waals surface area contributed by atoms with E-state index >= 15 is 0 Å². The second-order valence-electron chi connectivity index (χ2n) is 3.76. The van der Waals surface area contributed by atoms with E-state index in [0.29, 0.717) is 18.5 Å². The molecule has 1 rings (SSSR count). The van der Waals surface area contributed by atoms with Gasteiger partial charge in [-0.05, 0) is 19.3 Å². The van der Waals surface area contributed by atoms with Crippen LogP contribution in [0.1, 0.15) is 58.3 Å². The molecule has 3 nitrogen and oxygen atoms in total. The van der Waals surface area contributed by atoms with Crippen LogP contribution in [0, 0.1) is 0 Å². The van der Waals surface area contributed by atoms with Gasteiger partial charge in [-0.2, -0.15) is 0 Å². The zero-order chi connectivity index (χ0) is 11.5. The molecule has 0 saturated heterocycles. The molecule has 86 valence electrons. The Morgan fingerprint density at radius 2 is 1.87 bits per heavy atom. The molecular formula is C12H20O3. The van der Waals surface area contributed by atoms with E-state index in [1.54, 1.807) is 0 Å². The van der Waals surface area contributed by atoms with E-state index in [4.69, 9.17) is 0 Å². The minimum absolute atomic E-state index is 0.0440. The smallest absolute Gasteiger partial charge is 0.139 e. The van der Waals surface area contributed by atoms with Crippen molar-refractivity contribution in [1.82, 2.24) is 0 Å². The molecule has 15 heavy (non-hydrogen) atoms. The van der Waals surface area contributed by atoms with E-state index in [2.05, 4.69) is 0 Å². The lowest BCUT2D eigenvalue weighted by Gasteiger charge is -2.05. The number of carbonyl (C=O) groups is 3. The van der Waals surface area contributed by atoms with Crippen LogP contribution in [0.2, 0.25) is 0 Å². The van der Waals surface area contributed by atoms with Gasteiger partial charge in [0.2, 0.25) is 0 Å². The second-order valence-corrected chi connectivity index (χ2v) is 3.76. The molecule has 0 N–H and O–H groups in total. The molecule has 0 aromatic carbocycles. The summed E-state index contributed by atoms with van der Waals surface area (Å²) in [6.07, 6.45) is 7.36. The highest BCUT2D eigenvalue weighted by molar-refractivity contribution is 5.89. The Kier molecular flexibility index (Phi) is 8.93. The molecule has 1 fully saturated rings. The second kappa shape index (κ2) is 9.56. The molecule has 0 radical (unpaired) electrons. The predicted molar refractivity (Wildman–Crippen MR) is 58.7 cm³/mol. The number of hydrogen-bond donors (Lipinski definition) is 0. The largest absolute Gasteiger partial charge is 0.303 e. The number of hydrogen-bond acceptors (Lipinski definition) is 3. The van der Waals surface area contributed by atoms with Crippen LogP contribution in [-0.4, -0.2) is 17.9 Å². The zero-order valence-electron chi connectivity index (χ0n) is 9.46. The van der Waals surface area contributed by atoms with Crippen LogP contribution >= 0.6 is 0 Å². The van der Waals surface area contributed by atoms with Crippen LogP contribution in [0.3, 0.4) is 0 Å². The summed E-state index contributed by atoms with van der Waals surface area (Å²) in [6.45, 7) is 1.92. The van der Waals surface area contributed by atoms with Gasteiger partial charge in [0, 0.05) is 19.3 Å². The third-order valence-corrected chi connectivity index (χ3v) is 2.25. The van der Waals surface area contributed by atoms with Gasteiger partial charge in [-0.25, -0.2) is 0 Å². The lowest BCUT2D eigenvalue weighted by atomic mass is 10.00. The first-order valence-electron chi connectivity index (χ1n) is 5.67. The molecule has 0 atom stereocenters. The van der Waals surface area contributed by atoms with Gasteiger partial charge in [-0.1, -0.05) is 13.3 Å². The fourth-order valence-electron chi connectivity index (χ4n) is 1.42. The van der Waals surface area contributed by atoms with Gasteiger partial charge in [0.1, 0.15) is 17.9 Å². The Hall–Kier alpha value is -0.990. The van der Waals surface area contributed by atoms with Gasteiger partial charge < -0.3 is 4.79 Å². The SMILES string of the molecule is CCCC(=O)CC=O.O=C1CCCCC1. The molecule has 0 bridgehead atoms. The Balaban J connectivity index is 0.000000262. The van der Waals surface area contributed by atoms with Crippen molar-refractivity contribution in [2.75, 3.05) is 0 Å². The van der Waals surface area contributed by atoms with Crippen molar-refractivity contribution in [1.29, 1.82) is 0 Å². The van der Waals surface area contributed by atoms with E-state index in [0.717, 1.165) is 32.1 Å². The molecule has 3 heteroatoms. The summed E-state index contributed by atoms with van der Waals surface area (Å²) >= 11 is 0. The van der Waals surface area contributed by atoms with Crippen molar-refractivity contribution in [3.8, 4) is 0 Å². The fourth-order valence-corrected chi connectivity index (χ4v) is 1.42. The highest BCUT2D eigenvalue weighted by Crippen LogP contribution is 2.12. The van der Waals surface area contributed by atoms with Crippen LogP contribution in [0.15, 0.2) is 0 Å². The molecule has 0 heterocycles. The minimum atomic E-state index is 0.0440. The quantitative estimate of drug-likeness (QED) is 0.531. The lowest BCUT2D eigenvalue weighted by Crippen LogP contribution is -2.02. The molecule has 0 spiro atoms. The molecule has 0 amide bonds. The van der Waals surface area contributed by atoms with E-state index in [1.807, 2.05) is 6.92 Å². The molecule has 1 aliphatic carbocycles. The highest BCUT2D eigenvalue weighted by Gasteiger charge is 2.05. The van der Waals surface area contributed by atoms with Crippen molar-refractivity contribution < 1.29 is 14.4 Å². The number of aldehydes is 1. The lowest BCUT2D eigenvalue weighted by molar-refractivity contribution is -0.122. The summed E-state index contributed by atoms with van der Waals surface area (Å²) in [5, 5.41) is 0. The van der Waals surface area contributed by atoms with E-state index in [-0.39, 0.29) is 12.2 Å². The van der Waals surface area contributed by atoms with E-state index < -0.39 is 0 Å². The van der Waals surface area contributed by atoms with Crippen molar-refractivity contribution >= 4 is 17.9 Å². The first-order chi connectivity index (χ1) is 7.20. The van der Waals surface area contributed by atoms with Crippen molar-refractivity contribution in [3.05, 3.63) is 0 Å². The molecule has 1 aliphatic rings. The van der Waals surface area contributed by atoms with Crippen LogP contribution in [0.5, 0.6) is 0 Å². The molecule has 0 aromatic heterocycles. The predicted octanol–water partition coefficient (Wildman–Crippen LogP) is 2.46. The first kappa shape index (κ1) is 14.0. The van der Waals surface area contributed by atoms with Crippen LogP contribution in [0.4, 0.5) is 0 Å². The molecule has 1 saturated carbocycles. The third-order valence-electron chi connectivity index (χ3n) is 2.25. The Morgan fingerprint density at radius 1 is 1.27 bits per heavy atom. The summed E-state index contributed by atoms with van der Waals surface area (Å²) in [5.74, 6) is 0.508. The average molecular weight is 212 g/mol. The topological polar surface area (TPSA) is 51.2 Å². The van der Waals surface area contributed by atoms with Crippen molar-refractivity contribution in [2.24, 2.45) is 0 Å². The highest BCUT2D eigenvalue weighted by atomic mass is 16.1. The monoisotopic (exact) mass is 212 g/mol. The van der Waals surface area contributed by atoms with Gasteiger partial charge in [-0.3, -0.25) is 9.59 Å². The number of rotatable bonds is 4. The van der Waals surface area contributed by atoms with Crippen molar-refractivity contribution in [2.45, 2.75) is 58.3 Å². The van der Waals surface area contributed by atoms with Gasteiger partial charge in [0.25, 0.3) is 0 Å². The maximum Gasteiger partial charge on any atom is 0.139 e. The average Bonchev–Trinajstić information content (AvgIpc) is 2.20. The summed E-state index contributed by atoms with van der Waals surface area (Å²) < 4.78 is 0. The third kappa shape index (κ3) is 9.32. The molecule has 0 aliphatic heterocycles. The van der Waals surface area contributed by atoms with Gasteiger partial charge in [0.05, 0.1) is 6.42 Å². The van der Waals surface area contributed by atoms with E-state index in [9.17, 15) is 14.4 Å². The van der Waals surface area contributed by atoms with E-state index in [1.165, 1.54) is 6.42 Å². The number of ketones is 2. The van der Waals surface area contributed by atoms with Gasteiger partial charge >= 0.3 is 0 Å². The standard InChI is InChI=1S/C6H10O2.C6H10O/c1-2-3-6(8)4-5-7;7-6-4-2-1-3-5-6/h5H,2-4H2,1H3;1-5H2. The Bertz CT molecular complexity index is 201. The van der Waals surface area contributed by atoms with Crippen LogP contribution < -0.4 is 0 Å². The number of Topliss-reactive ketones (excluding diaryl/α,β-unsaturated/α-hetero) is 2. The number of carbonyl (C=O) groups excluding carboxylic acids is 3. The molecular weight excluding hydrogens is 192 g/mol. The van der Waals surface area contributed by atoms with Crippen LogP contribution in [-0.2, 0) is 14.4 Å². The summed E-state index contributed by atoms with van der Waals surface area (Å²) in [7, 11) is 0. The Morgan fingerprint density at radius 3 is 2.20 bits per heavy atom. The van der Waals surface area contributed by atoms with Gasteiger partial charge in [-0.15, -0.1) is 0 Å².